The number of rotatable bonds is 6. The first-order valence-electron chi connectivity index (χ1n) is 5.73. The van der Waals surface area contributed by atoms with E-state index >= 15 is 0 Å². The zero-order valence-corrected chi connectivity index (χ0v) is 11.2. The Morgan fingerprint density at radius 2 is 1.58 bits per heavy atom. The van der Waals surface area contributed by atoms with Gasteiger partial charge in [0.1, 0.15) is 0 Å². The molecule has 0 unspecified atom stereocenters. The van der Waals surface area contributed by atoms with Crippen LogP contribution in [0.4, 0.5) is 0 Å². The summed E-state index contributed by atoms with van der Waals surface area (Å²) >= 11 is 0. The number of aliphatic hydroxyl groups is 1. The van der Waals surface area contributed by atoms with Crippen LogP contribution in [0.3, 0.4) is 0 Å². The van der Waals surface area contributed by atoms with Crippen LogP contribution in [-0.2, 0) is 14.4 Å². The van der Waals surface area contributed by atoms with Crippen molar-refractivity contribution in [3.05, 3.63) is 0 Å². The lowest BCUT2D eigenvalue weighted by atomic mass is 10.1. The predicted molar refractivity (Wildman–Crippen MR) is 67.5 cm³/mol. The molecule has 0 heterocycles. The van der Waals surface area contributed by atoms with Gasteiger partial charge in [0, 0.05) is 25.1 Å². The molecule has 0 rings (SSSR count). The molecule has 0 aromatic carbocycles. The van der Waals surface area contributed by atoms with Crippen molar-refractivity contribution in [3.8, 4) is 0 Å². The van der Waals surface area contributed by atoms with Gasteiger partial charge in [0.2, 0.25) is 5.91 Å². The van der Waals surface area contributed by atoms with Gasteiger partial charge in [-0.25, -0.2) is 9.59 Å². The molecule has 8 nitrogen and oxygen atoms in total. The van der Waals surface area contributed by atoms with E-state index in [4.69, 9.17) is 30.6 Å². The highest BCUT2D eigenvalue weighted by Crippen LogP contribution is 1.96. The summed E-state index contributed by atoms with van der Waals surface area (Å²) in [6.07, 6.45) is 1.88. The first kappa shape index (κ1) is 19.7. The fourth-order valence-electron chi connectivity index (χ4n) is 0.812. The maximum absolute atomic E-state index is 11.1. The lowest BCUT2D eigenvalue weighted by Crippen LogP contribution is -2.45. The first-order valence-corrected chi connectivity index (χ1v) is 5.73. The number of carbonyl (C=O) groups excluding carboxylic acids is 1. The van der Waals surface area contributed by atoms with E-state index in [9.17, 15) is 4.79 Å². The zero-order chi connectivity index (χ0) is 15.5. The van der Waals surface area contributed by atoms with Gasteiger partial charge in [0.05, 0.1) is 0 Å². The Morgan fingerprint density at radius 3 is 1.89 bits per heavy atom. The summed E-state index contributed by atoms with van der Waals surface area (Å²) in [7, 11) is 0. The number of aliphatic hydroxyl groups excluding tert-OH is 1. The molecule has 0 saturated carbocycles. The molecule has 1 amide bonds. The van der Waals surface area contributed by atoms with Crippen molar-refractivity contribution < 1.29 is 29.7 Å². The zero-order valence-electron chi connectivity index (χ0n) is 11.2. The van der Waals surface area contributed by atoms with Crippen molar-refractivity contribution in [1.29, 1.82) is 0 Å². The molecule has 0 radical (unpaired) electrons. The second-order valence-corrected chi connectivity index (χ2v) is 4.56. The van der Waals surface area contributed by atoms with Crippen molar-refractivity contribution in [2.75, 3.05) is 13.2 Å². The van der Waals surface area contributed by atoms with Crippen molar-refractivity contribution in [1.82, 2.24) is 5.32 Å². The standard InChI is InChI=1S/C9H20N2O2.C2H2O4/c1-9(2,10)7-11-8(13)5-3-4-6-12;3-1(4)2(5)6/h12H,3-7,10H2,1-2H3,(H,11,13);(H,3,4)(H,5,6). The fourth-order valence-corrected chi connectivity index (χ4v) is 0.812. The third-order valence-electron chi connectivity index (χ3n) is 1.74. The molecule has 0 fully saturated rings. The summed E-state index contributed by atoms with van der Waals surface area (Å²) < 4.78 is 0. The van der Waals surface area contributed by atoms with E-state index in [-0.39, 0.29) is 18.1 Å². The van der Waals surface area contributed by atoms with Gasteiger partial charge in [-0.1, -0.05) is 0 Å². The minimum Gasteiger partial charge on any atom is -0.473 e. The highest BCUT2D eigenvalue weighted by molar-refractivity contribution is 6.27. The monoisotopic (exact) mass is 278 g/mol. The summed E-state index contributed by atoms with van der Waals surface area (Å²) in [5, 5.41) is 26.0. The molecule has 6 N–H and O–H groups in total. The number of carbonyl (C=O) groups is 3. The summed E-state index contributed by atoms with van der Waals surface area (Å²) in [5.74, 6) is -3.64. The van der Waals surface area contributed by atoms with Gasteiger partial charge in [-0.05, 0) is 26.7 Å². The molecular weight excluding hydrogens is 256 g/mol. The topological polar surface area (TPSA) is 150 Å². The summed E-state index contributed by atoms with van der Waals surface area (Å²) in [6, 6.07) is 0. The van der Waals surface area contributed by atoms with E-state index in [1.54, 1.807) is 0 Å². The van der Waals surface area contributed by atoms with Crippen molar-refractivity contribution in [2.45, 2.75) is 38.6 Å². The van der Waals surface area contributed by atoms with Crippen molar-refractivity contribution in [2.24, 2.45) is 5.73 Å². The number of unbranched alkanes of at least 4 members (excludes halogenated alkanes) is 1. The van der Waals surface area contributed by atoms with Crippen LogP contribution < -0.4 is 11.1 Å². The van der Waals surface area contributed by atoms with Crippen LogP contribution in [0.5, 0.6) is 0 Å². The van der Waals surface area contributed by atoms with Crippen LogP contribution in [0.25, 0.3) is 0 Å². The normalized spacial score (nSPS) is 10.1. The maximum Gasteiger partial charge on any atom is 0.414 e. The largest absolute Gasteiger partial charge is 0.473 e. The van der Waals surface area contributed by atoms with Crippen LogP contribution >= 0.6 is 0 Å². The Morgan fingerprint density at radius 1 is 1.11 bits per heavy atom. The van der Waals surface area contributed by atoms with E-state index < -0.39 is 11.9 Å². The lowest BCUT2D eigenvalue weighted by molar-refractivity contribution is -0.159. The van der Waals surface area contributed by atoms with Gasteiger partial charge in [0.15, 0.2) is 0 Å². The molecule has 0 aromatic heterocycles. The molecule has 0 aliphatic rings. The van der Waals surface area contributed by atoms with Gasteiger partial charge in [-0.3, -0.25) is 4.79 Å². The Hall–Kier alpha value is -1.67. The van der Waals surface area contributed by atoms with E-state index in [0.717, 1.165) is 6.42 Å². The highest BCUT2D eigenvalue weighted by atomic mass is 16.4. The Balaban J connectivity index is 0. The van der Waals surface area contributed by atoms with Crippen LogP contribution in [-0.4, -0.2) is 51.9 Å². The lowest BCUT2D eigenvalue weighted by Gasteiger charge is -2.18. The number of hydrogen-bond donors (Lipinski definition) is 5. The number of nitrogens with one attached hydrogen (secondary N) is 1. The molecule has 8 heteroatoms. The van der Waals surface area contributed by atoms with Crippen molar-refractivity contribution in [3.63, 3.8) is 0 Å². The Kier molecular flexibility index (Phi) is 10.6. The van der Waals surface area contributed by atoms with E-state index in [1.165, 1.54) is 0 Å². The quantitative estimate of drug-likeness (QED) is 0.314. The average Bonchev–Trinajstić information content (AvgIpc) is 2.26. The second-order valence-electron chi connectivity index (χ2n) is 4.56. The van der Waals surface area contributed by atoms with E-state index in [2.05, 4.69) is 5.32 Å². The van der Waals surface area contributed by atoms with Gasteiger partial charge in [-0.2, -0.15) is 0 Å². The highest BCUT2D eigenvalue weighted by Gasteiger charge is 2.11. The van der Waals surface area contributed by atoms with Gasteiger partial charge in [-0.15, -0.1) is 0 Å². The first-order chi connectivity index (χ1) is 8.60. The minimum atomic E-state index is -1.82. The molecule has 0 aromatic rings. The number of hydrogen-bond acceptors (Lipinski definition) is 5. The van der Waals surface area contributed by atoms with Gasteiger partial charge in [0.25, 0.3) is 0 Å². The van der Waals surface area contributed by atoms with Crippen LogP contribution in [0.1, 0.15) is 33.1 Å². The molecular formula is C11H22N2O6. The van der Waals surface area contributed by atoms with Crippen LogP contribution in [0, 0.1) is 0 Å². The van der Waals surface area contributed by atoms with Crippen LogP contribution in [0.15, 0.2) is 0 Å². The molecule has 0 aliphatic heterocycles. The average molecular weight is 278 g/mol. The minimum absolute atomic E-state index is 0.00646. The maximum atomic E-state index is 11.1. The number of amides is 1. The number of carboxylic acid groups (broad SMARTS) is 2. The smallest absolute Gasteiger partial charge is 0.414 e. The molecule has 0 aliphatic carbocycles. The SMILES string of the molecule is CC(C)(N)CNC(=O)CCCCO.O=C(O)C(=O)O. The predicted octanol–water partition coefficient (Wildman–Crippen LogP) is -0.842. The second kappa shape index (κ2) is 10.3. The Labute approximate surface area is 111 Å². The summed E-state index contributed by atoms with van der Waals surface area (Å²) in [5.41, 5.74) is 5.33. The van der Waals surface area contributed by atoms with Crippen molar-refractivity contribution >= 4 is 17.8 Å². The van der Waals surface area contributed by atoms with E-state index in [0.29, 0.717) is 19.4 Å². The number of carboxylic acids is 2. The fraction of sp³-hybridized carbons (Fsp3) is 0.727. The molecule has 0 bridgehead atoms. The Bertz CT molecular complexity index is 286. The number of aliphatic carboxylic acids is 2. The summed E-state index contributed by atoms with van der Waals surface area (Å²) in [4.78, 5) is 29.3. The number of nitrogens with two attached hydrogens (primary N) is 1. The van der Waals surface area contributed by atoms with Gasteiger partial charge < -0.3 is 26.4 Å². The van der Waals surface area contributed by atoms with E-state index in [1.807, 2.05) is 13.8 Å². The molecule has 0 atom stereocenters. The molecule has 19 heavy (non-hydrogen) atoms. The van der Waals surface area contributed by atoms with Crippen LogP contribution in [0.2, 0.25) is 0 Å². The molecule has 0 spiro atoms. The third-order valence-corrected chi connectivity index (χ3v) is 1.74. The molecule has 112 valence electrons. The van der Waals surface area contributed by atoms with Gasteiger partial charge >= 0.3 is 11.9 Å². The third kappa shape index (κ3) is 18.9. The molecule has 0 saturated heterocycles. The summed E-state index contributed by atoms with van der Waals surface area (Å²) in [6.45, 7) is 4.36.